The third kappa shape index (κ3) is 2.63. The standard InChI is InChI=1S/C22H24N2O/c1-2-10-21(25-15-5-3-6-15)16(7-1)17-8-4-9-20-22(17)18-11-13-23-14-12-19(18)24-20/h1-2,4,7-10,15,23-24H,3,5-6,11-14H2. The first-order valence-electron chi connectivity index (χ1n) is 9.49. The Kier molecular flexibility index (Phi) is 3.75. The van der Waals surface area contributed by atoms with Crippen LogP contribution in [-0.4, -0.2) is 24.2 Å². The Morgan fingerprint density at radius 1 is 0.880 bits per heavy atom. The zero-order chi connectivity index (χ0) is 16.6. The molecule has 1 fully saturated rings. The van der Waals surface area contributed by atoms with Gasteiger partial charge in [-0.1, -0.05) is 30.3 Å². The van der Waals surface area contributed by atoms with Crippen LogP contribution in [0.3, 0.4) is 0 Å². The molecule has 5 rings (SSSR count). The van der Waals surface area contributed by atoms with E-state index >= 15 is 0 Å². The fourth-order valence-electron chi connectivity index (χ4n) is 4.10. The Hall–Kier alpha value is -2.26. The van der Waals surface area contributed by atoms with Crippen molar-refractivity contribution in [3.63, 3.8) is 0 Å². The first kappa shape index (κ1) is 15.0. The van der Waals surface area contributed by atoms with E-state index in [9.17, 15) is 0 Å². The molecule has 0 unspecified atom stereocenters. The number of H-pyrrole nitrogens is 1. The van der Waals surface area contributed by atoms with Crippen molar-refractivity contribution in [2.45, 2.75) is 38.2 Å². The van der Waals surface area contributed by atoms with Gasteiger partial charge in [-0.25, -0.2) is 0 Å². The highest BCUT2D eigenvalue weighted by molar-refractivity contribution is 5.99. The number of nitrogens with one attached hydrogen (secondary N) is 2. The Balaban J connectivity index is 1.67. The van der Waals surface area contributed by atoms with Crippen molar-refractivity contribution < 1.29 is 4.74 Å². The van der Waals surface area contributed by atoms with Gasteiger partial charge >= 0.3 is 0 Å². The number of ether oxygens (including phenoxy) is 1. The molecule has 2 heterocycles. The predicted molar refractivity (Wildman–Crippen MR) is 102 cm³/mol. The third-order valence-electron chi connectivity index (χ3n) is 5.64. The quantitative estimate of drug-likeness (QED) is 0.743. The van der Waals surface area contributed by atoms with E-state index in [4.69, 9.17) is 4.74 Å². The van der Waals surface area contributed by atoms with Crippen LogP contribution in [0.15, 0.2) is 42.5 Å². The lowest BCUT2D eigenvalue weighted by molar-refractivity contribution is 0.121. The van der Waals surface area contributed by atoms with Gasteiger partial charge in [0.25, 0.3) is 0 Å². The van der Waals surface area contributed by atoms with Crippen molar-refractivity contribution >= 4 is 10.9 Å². The molecule has 0 amide bonds. The largest absolute Gasteiger partial charge is 0.490 e. The van der Waals surface area contributed by atoms with Crippen molar-refractivity contribution in [1.29, 1.82) is 0 Å². The monoisotopic (exact) mass is 332 g/mol. The van der Waals surface area contributed by atoms with Crippen LogP contribution in [-0.2, 0) is 12.8 Å². The summed E-state index contributed by atoms with van der Waals surface area (Å²) in [5.74, 6) is 1.03. The van der Waals surface area contributed by atoms with Crippen LogP contribution in [0.25, 0.3) is 22.0 Å². The molecule has 128 valence electrons. The molecule has 0 bridgehead atoms. The van der Waals surface area contributed by atoms with Crippen molar-refractivity contribution in [3.8, 4) is 16.9 Å². The van der Waals surface area contributed by atoms with Crippen LogP contribution in [0.2, 0.25) is 0 Å². The first-order valence-corrected chi connectivity index (χ1v) is 9.49. The molecule has 0 atom stereocenters. The van der Waals surface area contributed by atoms with E-state index in [2.05, 4.69) is 52.8 Å². The summed E-state index contributed by atoms with van der Waals surface area (Å²) in [5, 5.41) is 4.89. The summed E-state index contributed by atoms with van der Waals surface area (Å²) >= 11 is 0. The summed E-state index contributed by atoms with van der Waals surface area (Å²) in [6.07, 6.45) is 6.21. The first-order chi connectivity index (χ1) is 12.4. The molecule has 2 aromatic carbocycles. The Morgan fingerprint density at radius 3 is 2.60 bits per heavy atom. The van der Waals surface area contributed by atoms with Gasteiger partial charge in [-0.15, -0.1) is 0 Å². The molecule has 3 heteroatoms. The van der Waals surface area contributed by atoms with E-state index in [1.165, 1.54) is 52.5 Å². The van der Waals surface area contributed by atoms with Crippen molar-refractivity contribution in [2.75, 3.05) is 13.1 Å². The maximum Gasteiger partial charge on any atom is 0.127 e. The second-order valence-electron chi connectivity index (χ2n) is 7.23. The highest BCUT2D eigenvalue weighted by Crippen LogP contribution is 2.39. The van der Waals surface area contributed by atoms with Crippen LogP contribution < -0.4 is 10.1 Å². The minimum atomic E-state index is 0.396. The number of aromatic nitrogens is 1. The molecule has 1 saturated carbocycles. The van der Waals surface area contributed by atoms with Gasteiger partial charge in [0, 0.05) is 35.1 Å². The summed E-state index contributed by atoms with van der Waals surface area (Å²) in [7, 11) is 0. The molecule has 1 aromatic heterocycles. The van der Waals surface area contributed by atoms with Crippen LogP contribution in [0.1, 0.15) is 30.5 Å². The maximum absolute atomic E-state index is 6.31. The molecule has 1 aliphatic carbocycles. The summed E-state index contributed by atoms with van der Waals surface area (Å²) in [4.78, 5) is 3.67. The van der Waals surface area contributed by atoms with Crippen LogP contribution in [0.5, 0.6) is 5.75 Å². The number of benzene rings is 2. The topological polar surface area (TPSA) is 37.0 Å². The Bertz CT molecular complexity index is 908. The van der Waals surface area contributed by atoms with Crippen LogP contribution >= 0.6 is 0 Å². The number of hydrogen-bond acceptors (Lipinski definition) is 2. The average Bonchev–Trinajstić information content (AvgIpc) is 2.80. The molecule has 2 aliphatic rings. The lowest BCUT2D eigenvalue weighted by Crippen LogP contribution is -2.24. The normalized spacial score (nSPS) is 17.8. The highest BCUT2D eigenvalue weighted by Gasteiger charge is 2.22. The van der Waals surface area contributed by atoms with Crippen molar-refractivity contribution in [3.05, 3.63) is 53.7 Å². The number of aromatic amines is 1. The fourth-order valence-corrected chi connectivity index (χ4v) is 4.10. The molecule has 0 spiro atoms. The van der Waals surface area contributed by atoms with E-state index in [1.54, 1.807) is 0 Å². The van der Waals surface area contributed by atoms with Crippen molar-refractivity contribution in [1.82, 2.24) is 10.3 Å². The predicted octanol–water partition coefficient (Wildman–Crippen LogP) is 4.45. The van der Waals surface area contributed by atoms with Gasteiger partial charge in [0.2, 0.25) is 0 Å². The van der Waals surface area contributed by atoms with Gasteiger partial charge in [0.1, 0.15) is 5.75 Å². The van der Waals surface area contributed by atoms with Gasteiger partial charge in [-0.3, -0.25) is 0 Å². The SMILES string of the molecule is c1ccc(-c2cccc3[nH]c4c(c23)CCNCC4)c(OC2CCC2)c1. The number of para-hydroxylation sites is 1. The second-order valence-corrected chi connectivity index (χ2v) is 7.23. The molecule has 0 saturated heterocycles. The summed E-state index contributed by atoms with van der Waals surface area (Å²) < 4.78 is 6.31. The average molecular weight is 332 g/mol. The van der Waals surface area contributed by atoms with E-state index in [-0.39, 0.29) is 0 Å². The van der Waals surface area contributed by atoms with E-state index < -0.39 is 0 Å². The molecular weight excluding hydrogens is 308 g/mol. The van der Waals surface area contributed by atoms with Crippen LogP contribution in [0.4, 0.5) is 0 Å². The Morgan fingerprint density at radius 2 is 1.72 bits per heavy atom. The van der Waals surface area contributed by atoms with E-state index in [0.717, 1.165) is 31.7 Å². The lowest BCUT2D eigenvalue weighted by Gasteiger charge is -2.27. The zero-order valence-corrected chi connectivity index (χ0v) is 14.5. The molecule has 1 aliphatic heterocycles. The smallest absolute Gasteiger partial charge is 0.127 e. The third-order valence-corrected chi connectivity index (χ3v) is 5.64. The number of rotatable bonds is 3. The maximum atomic E-state index is 6.31. The molecule has 3 nitrogen and oxygen atoms in total. The number of hydrogen-bond donors (Lipinski definition) is 2. The summed E-state index contributed by atoms with van der Waals surface area (Å²) in [5.41, 5.74) is 6.65. The fraction of sp³-hybridized carbons (Fsp3) is 0.364. The molecule has 3 aromatic rings. The zero-order valence-electron chi connectivity index (χ0n) is 14.5. The summed E-state index contributed by atoms with van der Waals surface area (Å²) in [6.45, 7) is 2.10. The molecule has 2 N–H and O–H groups in total. The van der Waals surface area contributed by atoms with Gasteiger partial charge in [-0.2, -0.15) is 0 Å². The van der Waals surface area contributed by atoms with Gasteiger partial charge < -0.3 is 15.0 Å². The molecule has 25 heavy (non-hydrogen) atoms. The second kappa shape index (κ2) is 6.23. The van der Waals surface area contributed by atoms with Crippen LogP contribution in [0, 0.1) is 0 Å². The van der Waals surface area contributed by atoms with Crippen molar-refractivity contribution in [2.24, 2.45) is 0 Å². The van der Waals surface area contributed by atoms with Gasteiger partial charge in [0.05, 0.1) is 6.10 Å². The van der Waals surface area contributed by atoms with E-state index in [1.807, 2.05) is 0 Å². The Labute approximate surface area is 148 Å². The van der Waals surface area contributed by atoms with Gasteiger partial charge in [-0.05, 0) is 55.5 Å². The minimum Gasteiger partial charge on any atom is -0.490 e. The highest BCUT2D eigenvalue weighted by atomic mass is 16.5. The molecular formula is C22H24N2O. The summed E-state index contributed by atoms with van der Waals surface area (Å²) in [6, 6.07) is 15.1. The van der Waals surface area contributed by atoms with Gasteiger partial charge in [0.15, 0.2) is 0 Å². The van der Waals surface area contributed by atoms with E-state index in [0.29, 0.717) is 6.10 Å². The number of fused-ring (bicyclic) bond motifs is 3. The lowest BCUT2D eigenvalue weighted by atomic mass is 9.94. The minimum absolute atomic E-state index is 0.396. The molecule has 0 radical (unpaired) electrons.